The number of non-ortho nitro benzene ring substituents is 1. The lowest BCUT2D eigenvalue weighted by Gasteiger charge is -1.98. The normalized spacial score (nSPS) is 13.3. The number of nitrogens with zero attached hydrogens (tertiary/aromatic N) is 3. The SMILES string of the molecule is O=C(NN=Cc1cccc([N+](=O)[O-])c1)c1n[nH]c2c1CCC2. The molecule has 0 saturated carbocycles. The molecule has 1 heterocycles. The predicted molar refractivity (Wildman–Crippen MR) is 78.8 cm³/mol. The number of hydrazone groups is 1. The van der Waals surface area contributed by atoms with E-state index in [-0.39, 0.29) is 11.6 Å². The maximum absolute atomic E-state index is 12.0. The number of benzene rings is 1. The molecule has 8 heteroatoms. The fraction of sp³-hybridized carbons (Fsp3) is 0.214. The van der Waals surface area contributed by atoms with Crippen LogP contribution in [0.2, 0.25) is 0 Å². The highest BCUT2D eigenvalue weighted by atomic mass is 16.6. The van der Waals surface area contributed by atoms with Crippen LogP contribution in [0.3, 0.4) is 0 Å². The van der Waals surface area contributed by atoms with Crippen molar-refractivity contribution >= 4 is 17.8 Å². The predicted octanol–water partition coefficient (Wildman–Crippen LogP) is 1.57. The number of nitro benzene ring substituents is 1. The third-order valence-corrected chi connectivity index (χ3v) is 3.48. The Balaban J connectivity index is 1.68. The van der Waals surface area contributed by atoms with Crippen LogP contribution >= 0.6 is 0 Å². The van der Waals surface area contributed by atoms with Crippen LogP contribution < -0.4 is 5.43 Å². The van der Waals surface area contributed by atoms with Crippen LogP contribution in [-0.4, -0.2) is 27.2 Å². The second-order valence-electron chi connectivity index (χ2n) is 4.93. The summed E-state index contributed by atoms with van der Waals surface area (Å²) >= 11 is 0. The average Bonchev–Trinajstić information content (AvgIpc) is 3.10. The van der Waals surface area contributed by atoms with Crippen LogP contribution in [0.1, 0.15) is 33.7 Å². The first-order chi connectivity index (χ1) is 10.6. The van der Waals surface area contributed by atoms with Gasteiger partial charge in [-0.3, -0.25) is 20.0 Å². The number of carbonyl (C=O) groups is 1. The van der Waals surface area contributed by atoms with E-state index in [1.807, 2.05) is 0 Å². The van der Waals surface area contributed by atoms with E-state index in [0.717, 1.165) is 30.5 Å². The van der Waals surface area contributed by atoms with Gasteiger partial charge in [0, 0.05) is 29.0 Å². The quantitative estimate of drug-likeness (QED) is 0.506. The minimum atomic E-state index is -0.483. The summed E-state index contributed by atoms with van der Waals surface area (Å²) in [4.78, 5) is 22.2. The molecule has 1 aliphatic carbocycles. The first-order valence-electron chi connectivity index (χ1n) is 6.79. The van der Waals surface area contributed by atoms with Crippen molar-refractivity contribution in [2.45, 2.75) is 19.3 Å². The van der Waals surface area contributed by atoms with E-state index < -0.39 is 4.92 Å². The number of hydrogen-bond acceptors (Lipinski definition) is 5. The number of amides is 1. The summed E-state index contributed by atoms with van der Waals surface area (Å²) in [6.45, 7) is 0. The molecule has 0 spiro atoms. The lowest BCUT2D eigenvalue weighted by Crippen LogP contribution is -2.19. The number of nitro groups is 1. The number of aromatic amines is 1. The molecule has 2 N–H and O–H groups in total. The van der Waals surface area contributed by atoms with Gasteiger partial charge in [-0.2, -0.15) is 10.2 Å². The number of aromatic nitrogens is 2. The van der Waals surface area contributed by atoms with Gasteiger partial charge in [0.05, 0.1) is 11.1 Å². The van der Waals surface area contributed by atoms with Crippen LogP contribution in [0, 0.1) is 10.1 Å². The smallest absolute Gasteiger partial charge is 0.281 e. The van der Waals surface area contributed by atoms with Crippen molar-refractivity contribution in [2.24, 2.45) is 5.10 Å². The van der Waals surface area contributed by atoms with Gasteiger partial charge in [-0.25, -0.2) is 5.43 Å². The van der Waals surface area contributed by atoms with E-state index in [0.29, 0.717) is 11.3 Å². The number of aryl methyl sites for hydroxylation is 1. The van der Waals surface area contributed by atoms with E-state index >= 15 is 0 Å². The molecule has 3 rings (SSSR count). The maximum Gasteiger partial charge on any atom is 0.292 e. The molecule has 112 valence electrons. The zero-order valence-electron chi connectivity index (χ0n) is 11.6. The molecule has 1 aromatic heterocycles. The monoisotopic (exact) mass is 299 g/mol. The number of fused-ring (bicyclic) bond motifs is 1. The third-order valence-electron chi connectivity index (χ3n) is 3.48. The molecular weight excluding hydrogens is 286 g/mol. The highest BCUT2D eigenvalue weighted by Crippen LogP contribution is 2.22. The van der Waals surface area contributed by atoms with Crippen molar-refractivity contribution < 1.29 is 9.72 Å². The van der Waals surface area contributed by atoms with Crippen molar-refractivity contribution in [3.63, 3.8) is 0 Å². The molecule has 0 saturated heterocycles. The Morgan fingerprint density at radius 1 is 1.45 bits per heavy atom. The van der Waals surface area contributed by atoms with Gasteiger partial charge in [0.2, 0.25) is 0 Å². The first kappa shape index (κ1) is 13.9. The molecule has 1 aromatic carbocycles. The van der Waals surface area contributed by atoms with Crippen LogP contribution in [0.25, 0.3) is 0 Å². The van der Waals surface area contributed by atoms with Crippen LogP contribution in [0.15, 0.2) is 29.4 Å². The Morgan fingerprint density at radius 2 is 2.32 bits per heavy atom. The summed E-state index contributed by atoms with van der Waals surface area (Å²) in [6.07, 6.45) is 4.12. The van der Waals surface area contributed by atoms with Crippen LogP contribution in [0.5, 0.6) is 0 Å². The van der Waals surface area contributed by atoms with Gasteiger partial charge in [-0.05, 0) is 19.3 Å². The molecule has 2 aromatic rings. The third kappa shape index (κ3) is 2.71. The van der Waals surface area contributed by atoms with Gasteiger partial charge in [0.25, 0.3) is 11.6 Å². The number of rotatable bonds is 4. The molecule has 0 radical (unpaired) electrons. The Labute approximate surface area is 125 Å². The van der Waals surface area contributed by atoms with Crippen LogP contribution in [-0.2, 0) is 12.8 Å². The van der Waals surface area contributed by atoms with Crippen molar-refractivity contribution in [1.82, 2.24) is 15.6 Å². The number of H-pyrrole nitrogens is 1. The summed E-state index contributed by atoms with van der Waals surface area (Å²) in [7, 11) is 0. The molecule has 0 fully saturated rings. The summed E-state index contributed by atoms with van der Waals surface area (Å²) in [5.74, 6) is -0.388. The topological polar surface area (TPSA) is 113 Å². The van der Waals surface area contributed by atoms with Crippen molar-refractivity contribution in [2.75, 3.05) is 0 Å². The fourth-order valence-electron chi connectivity index (χ4n) is 2.44. The Bertz CT molecular complexity index is 766. The maximum atomic E-state index is 12.0. The van der Waals surface area contributed by atoms with Crippen molar-refractivity contribution in [3.8, 4) is 0 Å². The zero-order valence-corrected chi connectivity index (χ0v) is 11.6. The minimum Gasteiger partial charge on any atom is -0.281 e. The Kier molecular flexibility index (Phi) is 3.65. The molecule has 1 amide bonds. The lowest BCUT2D eigenvalue weighted by molar-refractivity contribution is -0.384. The molecule has 22 heavy (non-hydrogen) atoms. The molecule has 0 aliphatic heterocycles. The van der Waals surface area contributed by atoms with Gasteiger partial charge < -0.3 is 0 Å². The molecule has 8 nitrogen and oxygen atoms in total. The molecule has 0 atom stereocenters. The Hall–Kier alpha value is -3.03. The summed E-state index contributed by atoms with van der Waals surface area (Å²) in [6, 6.07) is 5.99. The molecule has 0 unspecified atom stereocenters. The van der Waals surface area contributed by atoms with Gasteiger partial charge in [-0.1, -0.05) is 12.1 Å². The van der Waals surface area contributed by atoms with Crippen molar-refractivity contribution in [3.05, 3.63) is 56.9 Å². The second-order valence-corrected chi connectivity index (χ2v) is 4.93. The van der Waals surface area contributed by atoms with E-state index in [2.05, 4.69) is 20.7 Å². The van der Waals surface area contributed by atoms with Gasteiger partial charge in [0.1, 0.15) is 0 Å². The van der Waals surface area contributed by atoms with E-state index in [9.17, 15) is 14.9 Å². The van der Waals surface area contributed by atoms with Crippen LogP contribution in [0.4, 0.5) is 5.69 Å². The van der Waals surface area contributed by atoms with Gasteiger partial charge in [-0.15, -0.1) is 0 Å². The largest absolute Gasteiger partial charge is 0.292 e. The molecular formula is C14H13N5O3. The fourth-order valence-corrected chi connectivity index (χ4v) is 2.44. The minimum absolute atomic E-state index is 0.0274. The van der Waals surface area contributed by atoms with E-state index in [1.165, 1.54) is 18.3 Å². The standard InChI is InChI=1S/C14H13N5O3/c20-14(13-11-5-2-6-12(11)16-17-13)18-15-8-9-3-1-4-10(7-9)19(21)22/h1,3-4,7-8H,2,5-6H2,(H,16,17)(H,18,20). The number of hydrogen-bond donors (Lipinski definition) is 2. The highest BCUT2D eigenvalue weighted by Gasteiger charge is 2.22. The Morgan fingerprint density at radius 3 is 3.14 bits per heavy atom. The molecule has 1 aliphatic rings. The van der Waals surface area contributed by atoms with Gasteiger partial charge >= 0.3 is 0 Å². The average molecular weight is 299 g/mol. The number of nitrogens with one attached hydrogen (secondary N) is 2. The summed E-state index contributed by atoms with van der Waals surface area (Å²) < 4.78 is 0. The summed E-state index contributed by atoms with van der Waals surface area (Å²) in [5.41, 5.74) is 5.21. The lowest BCUT2D eigenvalue weighted by atomic mass is 10.2. The first-order valence-corrected chi connectivity index (χ1v) is 6.79. The van der Waals surface area contributed by atoms with E-state index in [4.69, 9.17) is 0 Å². The highest BCUT2D eigenvalue weighted by molar-refractivity contribution is 5.94. The van der Waals surface area contributed by atoms with Gasteiger partial charge in [0.15, 0.2) is 5.69 Å². The summed E-state index contributed by atoms with van der Waals surface area (Å²) in [5, 5.41) is 21.4. The second kappa shape index (κ2) is 5.76. The van der Waals surface area contributed by atoms with Crippen molar-refractivity contribution in [1.29, 1.82) is 0 Å². The number of carbonyl (C=O) groups excluding carboxylic acids is 1. The van der Waals surface area contributed by atoms with E-state index in [1.54, 1.807) is 12.1 Å². The molecule has 0 bridgehead atoms. The zero-order chi connectivity index (χ0) is 15.5.